The molecule has 17 nitrogen and oxygen atoms in total. The number of rotatable bonds is 18. The van der Waals surface area contributed by atoms with Crippen molar-refractivity contribution < 1.29 is 79.4 Å². The van der Waals surface area contributed by atoms with Crippen molar-refractivity contribution in [2.75, 3.05) is 32.4 Å². The van der Waals surface area contributed by atoms with Gasteiger partial charge in [0.25, 0.3) is 16.0 Å². The molecule has 1 aromatic heterocycles. The molecule has 0 saturated heterocycles. The minimum absolute atomic E-state index is 0. The van der Waals surface area contributed by atoms with Crippen molar-refractivity contribution in [2.45, 2.75) is 48.6 Å². The molecule has 0 radical (unpaired) electrons. The first kappa shape index (κ1) is 45.4. The molecule has 3 aromatic carbocycles. The topological polar surface area (TPSA) is 279 Å². The first-order valence-electron chi connectivity index (χ1n) is 18.1. The summed E-state index contributed by atoms with van der Waals surface area (Å²) in [4.78, 5) is 29.2. The number of carboxylic acid groups (broad SMARTS) is 1. The molecule has 8 N–H and O–H groups in total. The Balaban J connectivity index is 0.00000661. The maximum atomic E-state index is 13.4. The number of para-hydroxylation sites is 1. The van der Waals surface area contributed by atoms with E-state index in [0.717, 1.165) is 73.7 Å². The van der Waals surface area contributed by atoms with Crippen molar-refractivity contribution in [3.8, 4) is 22.5 Å². The predicted molar refractivity (Wildman–Crippen MR) is 213 cm³/mol. The second kappa shape index (κ2) is 19.1. The molecular weight excluding hydrogens is 816 g/mol. The SMILES string of the molecule is CNOCc1cc2ccccc2n1CCCNCCCCCNC(=O)c1ccc(C(=O)O)c(-c2c3ccc(=N)c(S(=O)(=O)O)c-3oc3c(S(=O)(=O)[O-])c(N)ccc23)c1.[Na+]. The van der Waals surface area contributed by atoms with E-state index in [1.54, 1.807) is 7.05 Å². The minimum atomic E-state index is -5.40. The van der Waals surface area contributed by atoms with Crippen LogP contribution >= 0.6 is 0 Å². The van der Waals surface area contributed by atoms with E-state index in [1.165, 1.54) is 24.3 Å². The van der Waals surface area contributed by atoms with Crippen LogP contribution in [0.1, 0.15) is 52.1 Å². The predicted octanol–water partition coefficient (Wildman–Crippen LogP) is 1.30. The van der Waals surface area contributed by atoms with E-state index < -0.39 is 64.3 Å². The van der Waals surface area contributed by atoms with Gasteiger partial charge in [-0.3, -0.25) is 19.6 Å². The number of benzene rings is 4. The molecule has 59 heavy (non-hydrogen) atoms. The van der Waals surface area contributed by atoms with Gasteiger partial charge in [0.15, 0.2) is 16.2 Å². The number of hydrogen-bond donors (Lipinski definition) is 7. The van der Waals surface area contributed by atoms with Crippen LogP contribution in [0.3, 0.4) is 0 Å². The third kappa shape index (κ3) is 10.0. The van der Waals surface area contributed by atoms with Crippen LogP contribution in [0.2, 0.25) is 0 Å². The summed E-state index contributed by atoms with van der Waals surface area (Å²) in [5.41, 5.74) is 8.64. The molecule has 0 unspecified atom stereocenters. The van der Waals surface area contributed by atoms with Crippen LogP contribution in [0.25, 0.3) is 44.3 Å². The second-order valence-electron chi connectivity index (χ2n) is 13.4. The smallest absolute Gasteiger partial charge is 0.744 e. The molecule has 4 aromatic rings. The molecule has 0 fully saturated rings. The average molecular weight is 857 g/mol. The summed E-state index contributed by atoms with van der Waals surface area (Å²) in [7, 11) is -8.88. The van der Waals surface area contributed by atoms with E-state index in [0.29, 0.717) is 19.6 Å². The maximum absolute atomic E-state index is 13.4. The minimum Gasteiger partial charge on any atom is -0.744 e. The zero-order chi connectivity index (χ0) is 41.8. The molecule has 0 bridgehead atoms. The molecule has 2 heterocycles. The van der Waals surface area contributed by atoms with Gasteiger partial charge in [0.05, 0.1) is 16.6 Å². The zero-order valence-electron chi connectivity index (χ0n) is 32.2. The molecule has 1 aliphatic heterocycles. The number of carboxylic acids is 1. The number of hydrogen-bond acceptors (Lipinski definition) is 13. The third-order valence-electron chi connectivity index (χ3n) is 9.60. The fourth-order valence-corrected chi connectivity index (χ4v) is 8.47. The Morgan fingerprint density at radius 3 is 2.36 bits per heavy atom. The number of aromatic carboxylic acids is 1. The van der Waals surface area contributed by atoms with Crippen LogP contribution in [0, 0.1) is 5.41 Å². The van der Waals surface area contributed by atoms with Gasteiger partial charge in [0, 0.05) is 53.4 Å². The molecular formula is C39H41N6NaO11S2. The Morgan fingerprint density at radius 1 is 0.915 bits per heavy atom. The summed E-state index contributed by atoms with van der Waals surface area (Å²) in [6.07, 6.45) is 3.22. The summed E-state index contributed by atoms with van der Waals surface area (Å²) in [5, 5.41) is 24.9. The number of nitrogen functional groups attached to an aromatic ring is 1. The van der Waals surface area contributed by atoms with Crippen LogP contribution in [-0.2, 0) is 38.2 Å². The van der Waals surface area contributed by atoms with Gasteiger partial charge >= 0.3 is 35.5 Å². The van der Waals surface area contributed by atoms with E-state index in [4.69, 9.17) is 20.4 Å². The normalized spacial score (nSPS) is 11.9. The van der Waals surface area contributed by atoms with E-state index in [1.807, 2.05) is 12.1 Å². The van der Waals surface area contributed by atoms with E-state index >= 15 is 0 Å². The van der Waals surface area contributed by atoms with Crippen molar-refractivity contribution in [3.05, 3.63) is 95.0 Å². The van der Waals surface area contributed by atoms with E-state index in [9.17, 15) is 40.6 Å². The van der Waals surface area contributed by atoms with Crippen molar-refractivity contribution in [1.82, 2.24) is 20.7 Å². The first-order chi connectivity index (χ1) is 27.6. The number of aryl methyl sites for hydroxylation is 1. The van der Waals surface area contributed by atoms with Crippen LogP contribution in [0.15, 0.2) is 87.0 Å². The standard InChI is InChI=1S/C39H42N6O11S2.Na/c1-42-55-22-25-20-23-8-3-4-9-32(23)45(25)19-7-17-43-16-5-2-6-18-44-38(46)24-10-11-26(39(47)48)29(21-24)33-27-12-14-30(40)36(57(49,50)51)34(27)56-35-28(33)13-15-31(41)37(35)58(52,53)54;/h3-4,8-15,20-21,40,42-43H,2,5-7,16-19,22,41H2,1H3,(H,44,46)(H,47,48)(H,49,50,51)(H,52,53,54);/q;+1/p-1. The molecule has 306 valence electrons. The van der Waals surface area contributed by atoms with Crippen LogP contribution in [0.5, 0.6) is 0 Å². The third-order valence-corrected chi connectivity index (χ3v) is 11.4. The molecule has 6 rings (SSSR count). The van der Waals surface area contributed by atoms with Gasteiger partial charge in [0.1, 0.15) is 21.6 Å². The van der Waals surface area contributed by atoms with Crippen molar-refractivity contribution >= 4 is 59.7 Å². The Hall–Kier alpha value is -4.67. The number of unbranched alkanes of at least 4 members (excludes halogenated alkanes) is 2. The summed E-state index contributed by atoms with van der Waals surface area (Å²) < 4.78 is 80.1. The number of nitrogens with two attached hydrogens (primary N) is 1. The van der Waals surface area contributed by atoms with Gasteiger partial charge in [-0.1, -0.05) is 24.6 Å². The number of nitrogens with zero attached hydrogens (tertiary/aromatic N) is 1. The quantitative estimate of drug-likeness (QED) is 0.0160. The number of carbonyl (C=O) groups is 2. The summed E-state index contributed by atoms with van der Waals surface area (Å²) >= 11 is 0. The largest absolute Gasteiger partial charge is 1.00 e. The van der Waals surface area contributed by atoms with Crippen molar-refractivity contribution in [2.24, 2.45) is 0 Å². The van der Waals surface area contributed by atoms with Crippen molar-refractivity contribution in [3.63, 3.8) is 0 Å². The number of carbonyl (C=O) groups excluding carboxylic acids is 1. The molecule has 20 heteroatoms. The Kier molecular flexibility index (Phi) is 14.7. The Morgan fingerprint density at radius 2 is 1.64 bits per heavy atom. The number of fused-ring (bicyclic) bond motifs is 3. The van der Waals surface area contributed by atoms with Crippen molar-refractivity contribution in [1.29, 1.82) is 5.41 Å². The number of anilines is 1. The number of amides is 1. The van der Waals surface area contributed by atoms with Gasteiger partial charge in [-0.2, -0.15) is 8.42 Å². The van der Waals surface area contributed by atoms with Gasteiger partial charge in [-0.15, -0.1) is 0 Å². The number of aromatic nitrogens is 1. The first-order valence-corrected chi connectivity index (χ1v) is 21.0. The summed E-state index contributed by atoms with van der Waals surface area (Å²) in [5.74, 6) is -2.76. The molecule has 0 saturated carbocycles. The maximum Gasteiger partial charge on any atom is 1.00 e. The molecule has 0 spiro atoms. The number of hydroxylamine groups is 1. The van der Waals surface area contributed by atoms with E-state index in [-0.39, 0.29) is 62.8 Å². The van der Waals surface area contributed by atoms with Crippen LogP contribution < -0.4 is 56.8 Å². The van der Waals surface area contributed by atoms with Crippen LogP contribution in [-0.4, -0.2) is 74.2 Å². The van der Waals surface area contributed by atoms with Gasteiger partial charge in [0.2, 0.25) is 0 Å². The zero-order valence-corrected chi connectivity index (χ0v) is 35.8. The Labute approximate surface area is 361 Å². The molecule has 2 aliphatic rings. The fourth-order valence-electron chi connectivity index (χ4n) is 7.01. The summed E-state index contributed by atoms with van der Waals surface area (Å²) in [6, 6.07) is 18.5. The van der Waals surface area contributed by atoms with Gasteiger partial charge < -0.3 is 35.0 Å². The van der Waals surface area contributed by atoms with E-state index in [2.05, 4.69) is 38.9 Å². The van der Waals surface area contributed by atoms with Crippen LogP contribution in [0.4, 0.5) is 5.69 Å². The second-order valence-corrected chi connectivity index (χ2v) is 16.1. The molecule has 1 amide bonds. The fraction of sp³-hybridized carbons (Fsp3) is 0.256. The molecule has 1 aliphatic carbocycles. The summed E-state index contributed by atoms with van der Waals surface area (Å²) in [6.45, 7) is 3.17. The monoisotopic (exact) mass is 856 g/mol. The van der Waals surface area contributed by atoms with Gasteiger partial charge in [-0.05, 0) is 97.9 Å². The average Bonchev–Trinajstić information content (AvgIpc) is 3.52. The Bertz CT molecular complexity index is 2790. The number of nitrogens with one attached hydrogen (secondary N) is 4. The van der Waals surface area contributed by atoms with Gasteiger partial charge in [-0.25, -0.2) is 18.7 Å². The molecule has 0 atom stereocenters.